The summed E-state index contributed by atoms with van der Waals surface area (Å²) in [6, 6.07) is 3.62. The number of pyridine rings is 1. The van der Waals surface area contributed by atoms with E-state index < -0.39 is 0 Å². The normalized spacial score (nSPS) is 18.6. The molecule has 1 saturated heterocycles. The van der Waals surface area contributed by atoms with Crippen molar-refractivity contribution in [2.24, 2.45) is 0 Å². The minimum atomic E-state index is -0.324. The fourth-order valence-electron chi connectivity index (χ4n) is 2.99. The Morgan fingerprint density at radius 1 is 1.43 bits per heavy atom. The number of piperidine rings is 1. The molecule has 0 saturated carbocycles. The fourth-order valence-corrected chi connectivity index (χ4v) is 2.99. The van der Waals surface area contributed by atoms with Crippen molar-refractivity contribution in [3.8, 4) is 0 Å². The zero-order chi connectivity index (χ0) is 15.2. The summed E-state index contributed by atoms with van der Waals surface area (Å²) in [4.78, 5) is 17.7. The van der Waals surface area contributed by atoms with Gasteiger partial charge in [0.2, 0.25) is 5.82 Å². The van der Waals surface area contributed by atoms with Gasteiger partial charge in [0.15, 0.2) is 0 Å². The van der Waals surface area contributed by atoms with Crippen molar-refractivity contribution in [3.05, 3.63) is 22.2 Å². The second kappa shape index (κ2) is 7.24. The number of hydrogen-bond acceptors (Lipinski definition) is 5. The van der Waals surface area contributed by atoms with E-state index in [-0.39, 0.29) is 10.6 Å². The molecule has 1 atom stereocenters. The Bertz CT molecular complexity index is 491. The van der Waals surface area contributed by atoms with Gasteiger partial charge in [-0.2, -0.15) is 0 Å². The topological polar surface area (TPSA) is 71.3 Å². The molecule has 0 spiro atoms. The third-order valence-electron chi connectivity index (χ3n) is 3.93. The van der Waals surface area contributed by atoms with E-state index in [1.54, 1.807) is 12.1 Å². The summed E-state index contributed by atoms with van der Waals surface area (Å²) in [5.74, 6) is 1.23. The maximum Gasteiger partial charge on any atom is 0.311 e. The van der Waals surface area contributed by atoms with Gasteiger partial charge in [-0.25, -0.2) is 4.98 Å². The summed E-state index contributed by atoms with van der Waals surface area (Å²) in [5, 5.41) is 14.5. The van der Waals surface area contributed by atoms with Gasteiger partial charge >= 0.3 is 5.69 Å². The molecule has 0 bridgehead atoms. The molecule has 116 valence electrons. The highest BCUT2D eigenvalue weighted by Gasteiger charge is 2.29. The first-order valence-corrected chi connectivity index (χ1v) is 7.83. The molecule has 0 radical (unpaired) electrons. The van der Waals surface area contributed by atoms with Crippen LogP contribution in [0, 0.1) is 10.1 Å². The second-order valence-corrected chi connectivity index (χ2v) is 5.46. The van der Waals surface area contributed by atoms with Gasteiger partial charge in [0.1, 0.15) is 5.82 Å². The first-order chi connectivity index (χ1) is 10.2. The highest BCUT2D eigenvalue weighted by molar-refractivity contribution is 5.62. The van der Waals surface area contributed by atoms with Crippen molar-refractivity contribution in [1.29, 1.82) is 0 Å². The lowest BCUT2D eigenvalue weighted by Crippen LogP contribution is -2.40. The maximum atomic E-state index is 11.3. The van der Waals surface area contributed by atoms with Gasteiger partial charge in [-0.15, -0.1) is 0 Å². The summed E-state index contributed by atoms with van der Waals surface area (Å²) < 4.78 is 0. The smallest absolute Gasteiger partial charge is 0.311 e. The van der Waals surface area contributed by atoms with Crippen LogP contribution in [-0.2, 0) is 0 Å². The van der Waals surface area contributed by atoms with E-state index in [1.165, 1.54) is 6.42 Å². The molecule has 6 nitrogen and oxygen atoms in total. The first-order valence-electron chi connectivity index (χ1n) is 7.83. The summed E-state index contributed by atoms with van der Waals surface area (Å²) in [7, 11) is 0. The molecule has 1 fully saturated rings. The number of rotatable bonds is 6. The quantitative estimate of drug-likeness (QED) is 0.641. The molecule has 1 aliphatic heterocycles. The van der Waals surface area contributed by atoms with E-state index in [4.69, 9.17) is 0 Å². The molecule has 1 aliphatic rings. The highest BCUT2D eigenvalue weighted by Crippen LogP contribution is 2.33. The van der Waals surface area contributed by atoms with Gasteiger partial charge in [-0.05, 0) is 38.7 Å². The van der Waals surface area contributed by atoms with Gasteiger partial charge in [0.05, 0.1) is 4.92 Å². The predicted octanol–water partition coefficient (Wildman–Crippen LogP) is 3.58. The zero-order valence-corrected chi connectivity index (χ0v) is 12.8. The molecule has 1 N–H and O–H groups in total. The van der Waals surface area contributed by atoms with Crippen molar-refractivity contribution in [2.75, 3.05) is 23.3 Å². The van der Waals surface area contributed by atoms with Gasteiger partial charge in [-0.3, -0.25) is 10.1 Å². The van der Waals surface area contributed by atoms with Crippen molar-refractivity contribution in [2.45, 2.75) is 52.0 Å². The average Bonchev–Trinajstić information content (AvgIpc) is 2.48. The first kappa shape index (κ1) is 15.5. The zero-order valence-electron chi connectivity index (χ0n) is 12.8. The monoisotopic (exact) mass is 292 g/mol. The van der Waals surface area contributed by atoms with E-state index in [0.29, 0.717) is 17.7 Å². The van der Waals surface area contributed by atoms with Crippen molar-refractivity contribution in [1.82, 2.24) is 4.98 Å². The standard InChI is InChI=1S/C15H24N4O2/c1-3-7-12-8-5-6-11-18(12)15-13(19(20)21)9-10-14(17-15)16-4-2/h9-10,12H,3-8,11H2,1-2H3,(H,16,17). The van der Waals surface area contributed by atoms with Crippen LogP contribution >= 0.6 is 0 Å². The molecule has 1 aromatic rings. The number of hydrogen-bond donors (Lipinski definition) is 1. The van der Waals surface area contributed by atoms with Gasteiger partial charge in [-0.1, -0.05) is 13.3 Å². The van der Waals surface area contributed by atoms with Crippen LogP contribution in [0.2, 0.25) is 0 Å². The molecule has 0 aliphatic carbocycles. The second-order valence-electron chi connectivity index (χ2n) is 5.46. The molecular formula is C15H24N4O2. The molecule has 1 unspecified atom stereocenters. The van der Waals surface area contributed by atoms with Crippen LogP contribution in [0.4, 0.5) is 17.3 Å². The maximum absolute atomic E-state index is 11.3. The summed E-state index contributed by atoms with van der Waals surface area (Å²) in [6.45, 7) is 5.75. The number of aromatic nitrogens is 1. The Kier molecular flexibility index (Phi) is 5.36. The average molecular weight is 292 g/mol. The number of nitro groups is 1. The minimum absolute atomic E-state index is 0.111. The molecule has 6 heteroatoms. The van der Waals surface area contributed by atoms with Crippen LogP contribution < -0.4 is 10.2 Å². The lowest BCUT2D eigenvalue weighted by molar-refractivity contribution is -0.384. The van der Waals surface area contributed by atoms with Crippen LogP contribution in [0.3, 0.4) is 0 Å². The Balaban J connectivity index is 2.37. The number of anilines is 2. The van der Waals surface area contributed by atoms with Crippen LogP contribution in [0.15, 0.2) is 12.1 Å². The Morgan fingerprint density at radius 3 is 2.90 bits per heavy atom. The lowest BCUT2D eigenvalue weighted by atomic mass is 9.98. The summed E-state index contributed by atoms with van der Waals surface area (Å²) in [6.07, 6.45) is 5.51. The SMILES string of the molecule is CCCC1CCCCN1c1nc(NCC)ccc1[N+](=O)[O-]. The van der Waals surface area contributed by atoms with Crippen LogP contribution in [0.1, 0.15) is 46.0 Å². The molecule has 2 rings (SSSR count). The Morgan fingerprint density at radius 2 is 2.24 bits per heavy atom. The molecular weight excluding hydrogens is 268 g/mol. The van der Waals surface area contributed by atoms with Crippen LogP contribution in [0.5, 0.6) is 0 Å². The summed E-state index contributed by atoms with van der Waals surface area (Å²) >= 11 is 0. The molecule has 1 aromatic heterocycles. The largest absolute Gasteiger partial charge is 0.370 e. The van der Waals surface area contributed by atoms with E-state index in [9.17, 15) is 10.1 Å². The molecule has 0 aromatic carbocycles. The fraction of sp³-hybridized carbons (Fsp3) is 0.667. The Labute approximate surface area is 125 Å². The van der Waals surface area contributed by atoms with E-state index in [2.05, 4.69) is 22.1 Å². The lowest BCUT2D eigenvalue weighted by Gasteiger charge is -2.36. The van der Waals surface area contributed by atoms with Gasteiger partial charge < -0.3 is 10.2 Å². The van der Waals surface area contributed by atoms with E-state index in [0.717, 1.165) is 38.8 Å². The third-order valence-corrected chi connectivity index (χ3v) is 3.93. The van der Waals surface area contributed by atoms with E-state index in [1.807, 2.05) is 6.92 Å². The van der Waals surface area contributed by atoms with Crippen molar-refractivity contribution >= 4 is 17.3 Å². The third kappa shape index (κ3) is 3.62. The summed E-state index contributed by atoms with van der Waals surface area (Å²) in [5.41, 5.74) is 0.111. The van der Waals surface area contributed by atoms with Crippen LogP contribution in [0.25, 0.3) is 0 Å². The van der Waals surface area contributed by atoms with Gasteiger partial charge in [0, 0.05) is 25.2 Å². The highest BCUT2D eigenvalue weighted by atomic mass is 16.6. The minimum Gasteiger partial charge on any atom is -0.370 e. The molecule has 0 amide bonds. The van der Waals surface area contributed by atoms with Crippen LogP contribution in [-0.4, -0.2) is 29.0 Å². The predicted molar refractivity (Wildman–Crippen MR) is 84.9 cm³/mol. The molecule has 2 heterocycles. The van der Waals surface area contributed by atoms with Gasteiger partial charge in [0.25, 0.3) is 0 Å². The Hall–Kier alpha value is -1.85. The van der Waals surface area contributed by atoms with Crippen molar-refractivity contribution in [3.63, 3.8) is 0 Å². The number of nitrogens with one attached hydrogen (secondary N) is 1. The number of nitrogens with zero attached hydrogens (tertiary/aromatic N) is 3. The molecule has 21 heavy (non-hydrogen) atoms. The van der Waals surface area contributed by atoms with Crippen molar-refractivity contribution < 1.29 is 4.92 Å². The van der Waals surface area contributed by atoms with E-state index >= 15 is 0 Å².